The standard InChI is InChI=1S/C19H37BO3Si/c1-15(2)16(20-22-18(6,7)19(8,9)23-20)13-12-14-21-24(10,11)17(3,4)5/h13H,1,12,14H2,2-11H3/b16-13-. The van der Waals surface area contributed by atoms with Crippen LogP contribution in [0, 0.1) is 0 Å². The van der Waals surface area contributed by atoms with Crippen LogP contribution >= 0.6 is 0 Å². The molecule has 3 nitrogen and oxygen atoms in total. The lowest BCUT2D eigenvalue weighted by molar-refractivity contribution is 0.00578. The van der Waals surface area contributed by atoms with Crippen LogP contribution in [0.4, 0.5) is 0 Å². The Morgan fingerprint density at radius 2 is 1.58 bits per heavy atom. The summed E-state index contributed by atoms with van der Waals surface area (Å²) in [6.07, 6.45) is 3.01. The maximum absolute atomic E-state index is 6.25. The Morgan fingerprint density at radius 1 is 1.12 bits per heavy atom. The lowest BCUT2D eigenvalue weighted by Gasteiger charge is -2.36. The molecule has 1 saturated heterocycles. The van der Waals surface area contributed by atoms with Crippen LogP contribution in [0.25, 0.3) is 0 Å². The molecule has 0 saturated carbocycles. The van der Waals surface area contributed by atoms with Gasteiger partial charge in [0.15, 0.2) is 8.32 Å². The molecule has 0 spiro atoms. The van der Waals surface area contributed by atoms with Crippen LogP contribution in [0.1, 0.15) is 61.8 Å². The number of hydrogen-bond donors (Lipinski definition) is 0. The molecule has 0 aliphatic carbocycles. The largest absolute Gasteiger partial charge is 0.494 e. The smallest absolute Gasteiger partial charge is 0.417 e. The molecule has 0 radical (unpaired) electrons. The van der Waals surface area contributed by atoms with Gasteiger partial charge in [-0.25, -0.2) is 0 Å². The van der Waals surface area contributed by atoms with Crippen LogP contribution in [0.5, 0.6) is 0 Å². The van der Waals surface area contributed by atoms with Crippen molar-refractivity contribution in [2.75, 3.05) is 6.61 Å². The third-order valence-electron chi connectivity index (χ3n) is 5.75. The molecule has 0 aromatic heterocycles. The van der Waals surface area contributed by atoms with Crippen molar-refractivity contribution >= 4 is 15.4 Å². The maximum Gasteiger partial charge on any atom is 0.494 e. The van der Waals surface area contributed by atoms with Gasteiger partial charge in [-0.2, -0.15) is 0 Å². The highest BCUT2D eigenvalue weighted by Gasteiger charge is 2.52. The van der Waals surface area contributed by atoms with E-state index in [0.717, 1.165) is 24.1 Å². The Bertz CT molecular complexity index is 485. The van der Waals surface area contributed by atoms with Gasteiger partial charge in [-0.1, -0.05) is 39.0 Å². The molecule has 0 atom stereocenters. The summed E-state index contributed by atoms with van der Waals surface area (Å²) >= 11 is 0. The lowest BCUT2D eigenvalue weighted by atomic mass is 9.74. The minimum Gasteiger partial charge on any atom is -0.417 e. The van der Waals surface area contributed by atoms with Crippen LogP contribution in [-0.2, 0) is 13.7 Å². The summed E-state index contributed by atoms with van der Waals surface area (Å²) in [5, 5.41) is 0.236. The molecule has 1 heterocycles. The van der Waals surface area contributed by atoms with Crippen molar-refractivity contribution in [1.82, 2.24) is 0 Å². The van der Waals surface area contributed by atoms with E-state index in [4.69, 9.17) is 13.7 Å². The van der Waals surface area contributed by atoms with Crippen molar-refractivity contribution in [3.05, 3.63) is 23.7 Å². The van der Waals surface area contributed by atoms with Crippen molar-refractivity contribution in [2.45, 2.75) is 91.1 Å². The van der Waals surface area contributed by atoms with Crippen LogP contribution < -0.4 is 0 Å². The van der Waals surface area contributed by atoms with Crippen LogP contribution in [0.3, 0.4) is 0 Å². The zero-order chi connectivity index (χ0) is 19.0. The van der Waals surface area contributed by atoms with Crippen molar-refractivity contribution in [2.24, 2.45) is 0 Å². The van der Waals surface area contributed by atoms with Gasteiger partial charge in [0, 0.05) is 6.61 Å². The molecule has 1 fully saturated rings. The van der Waals surface area contributed by atoms with Gasteiger partial charge < -0.3 is 13.7 Å². The third kappa shape index (κ3) is 4.84. The normalized spacial score (nSPS) is 21.2. The van der Waals surface area contributed by atoms with E-state index < -0.39 is 8.32 Å². The predicted octanol–water partition coefficient (Wildman–Crippen LogP) is 5.53. The number of allylic oxidation sites excluding steroid dienone is 2. The van der Waals surface area contributed by atoms with Gasteiger partial charge in [-0.15, -0.1) is 0 Å². The fraction of sp³-hybridized carbons (Fsp3) is 0.789. The van der Waals surface area contributed by atoms with E-state index in [9.17, 15) is 0 Å². The van der Waals surface area contributed by atoms with Gasteiger partial charge in [0.2, 0.25) is 0 Å². The average Bonchev–Trinajstić information content (AvgIpc) is 2.55. The lowest BCUT2D eigenvalue weighted by Crippen LogP contribution is -2.41. The Labute approximate surface area is 151 Å². The second-order valence-corrected chi connectivity index (χ2v) is 14.2. The topological polar surface area (TPSA) is 27.7 Å². The fourth-order valence-corrected chi connectivity index (χ4v) is 3.25. The first kappa shape index (κ1) is 21.7. The summed E-state index contributed by atoms with van der Waals surface area (Å²) in [5.41, 5.74) is 1.36. The molecule has 1 aliphatic rings. The van der Waals surface area contributed by atoms with E-state index in [1.807, 2.05) is 6.92 Å². The van der Waals surface area contributed by atoms with Gasteiger partial charge in [0.05, 0.1) is 11.2 Å². The van der Waals surface area contributed by atoms with Gasteiger partial charge >= 0.3 is 7.12 Å². The fourth-order valence-electron chi connectivity index (χ4n) is 2.19. The second kappa shape index (κ2) is 7.10. The first-order chi connectivity index (χ1) is 10.6. The quantitative estimate of drug-likeness (QED) is 0.357. The zero-order valence-electron chi connectivity index (χ0n) is 17.5. The minimum absolute atomic E-state index is 0.236. The molecule has 5 heteroatoms. The maximum atomic E-state index is 6.25. The van der Waals surface area contributed by atoms with E-state index >= 15 is 0 Å². The van der Waals surface area contributed by atoms with Crippen LogP contribution in [0.15, 0.2) is 23.7 Å². The van der Waals surface area contributed by atoms with E-state index in [0.29, 0.717) is 0 Å². The molecule has 0 unspecified atom stereocenters. The van der Waals surface area contributed by atoms with E-state index in [-0.39, 0.29) is 23.4 Å². The molecule has 1 aliphatic heterocycles. The van der Waals surface area contributed by atoms with Crippen LogP contribution in [-0.4, -0.2) is 33.2 Å². The summed E-state index contributed by atoms with van der Waals surface area (Å²) in [4.78, 5) is 0. The molecule has 1 rings (SSSR count). The second-order valence-electron chi connectivity index (χ2n) is 9.43. The Morgan fingerprint density at radius 3 is 1.96 bits per heavy atom. The van der Waals surface area contributed by atoms with E-state index in [1.165, 1.54) is 0 Å². The number of rotatable bonds is 6. The van der Waals surface area contributed by atoms with Crippen LogP contribution in [0.2, 0.25) is 18.1 Å². The van der Waals surface area contributed by atoms with Crippen molar-refractivity contribution < 1.29 is 13.7 Å². The van der Waals surface area contributed by atoms with Crippen molar-refractivity contribution in [3.8, 4) is 0 Å². The molecule has 24 heavy (non-hydrogen) atoms. The van der Waals surface area contributed by atoms with Gasteiger partial charge in [0.25, 0.3) is 0 Å². The molecular weight excluding hydrogens is 315 g/mol. The molecule has 0 aromatic carbocycles. The molecule has 0 N–H and O–H groups in total. The summed E-state index contributed by atoms with van der Waals surface area (Å²) in [6.45, 7) is 26.5. The molecular formula is C19H37BO3Si. The zero-order valence-corrected chi connectivity index (χ0v) is 18.5. The molecule has 0 aromatic rings. The monoisotopic (exact) mass is 352 g/mol. The summed E-state index contributed by atoms with van der Waals surface area (Å²) in [5.74, 6) is 0. The van der Waals surface area contributed by atoms with E-state index in [2.05, 4.69) is 74.2 Å². The van der Waals surface area contributed by atoms with Crippen molar-refractivity contribution in [3.63, 3.8) is 0 Å². The highest BCUT2D eigenvalue weighted by atomic mass is 28.4. The molecule has 138 valence electrons. The summed E-state index contributed by atoms with van der Waals surface area (Å²) < 4.78 is 18.6. The Kier molecular flexibility index (Phi) is 6.42. The van der Waals surface area contributed by atoms with Gasteiger partial charge in [-0.05, 0) is 64.6 Å². The first-order valence-electron chi connectivity index (χ1n) is 8.96. The molecule has 0 amide bonds. The summed E-state index contributed by atoms with van der Waals surface area (Å²) in [7, 11) is -2.04. The summed E-state index contributed by atoms with van der Waals surface area (Å²) in [6, 6.07) is 0. The minimum atomic E-state index is -1.70. The van der Waals surface area contributed by atoms with Gasteiger partial charge in [-0.3, -0.25) is 0 Å². The SMILES string of the molecule is C=C(C)/C(=C/CCO[Si](C)(C)C(C)(C)C)B1OC(C)(C)C(C)(C)O1. The van der Waals surface area contributed by atoms with Crippen molar-refractivity contribution in [1.29, 1.82) is 0 Å². The Balaban J connectivity index is 2.75. The number of hydrogen-bond acceptors (Lipinski definition) is 3. The first-order valence-corrected chi connectivity index (χ1v) is 11.9. The average molecular weight is 352 g/mol. The molecule has 0 bridgehead atoms. The van der Waals surface area contributed by atoms with E-state index in [1.54, 1.807) is 0 Å². The Hall–Kier alpha value is -0.358. The highest BCUT2D eigenvalue weighted by molar-refractivity contribution is 6.74. The van der Waals surface area contributed by atoms with Gasteiger partial charge in [0.1, 0.15) is 0 Å². The third-order valence-corrected chi connectivity index (χ3v) is 10.3. The predicted molar refractivity (Wildman–Crippen MR) is 107 cm³/mol. The highest BCUT2D eigenvalue weighted by Crippen LogP contribution is 2.40.